The summed E-state index contributed by atoms with van der Waals surface area (Å²) < 4.78 is 0.911. The molecule has 1 aliphatic rings. The largest absolute Gasteiger partial charge is 0.385 e. The molecule has 0 atom stereocenters. The van der Waals surface area contributed by atoms with Gasteiger partial charge in [-0.3, -0.25) is 0 Å². The number of hydrogen-bond donors (Lipinski definition) is 1. The summed E-state index contributed by atoms with van der Waals surface area (Å²) in [5.41, 5.74) is 0.336. The SMILES string of the molecule is OC1(c2ccc(Cl)cc2Br)CCCC1. The van der Waals surface area contributed by atoms with E-state index < -0.39 is 5.60 Å². The highest BCUT2D eigenvalue weighted by Gasteiger charge is 2.34. The van der Waals surface area contributed by atoms with E-state index in [9.17, 15) is 5.11 Å². The molecule has 1 N–H and O–H groups in total. The molecular weight excluding hydrogens is 263 g/mol. The molecule has 0 aliphatic heterocycles. The van der Waals surface area contributed by atoms with Crippen molar-refractivity contribution in [3.63, 3.8) is 0 Å². The Hall–Kier alpha value is -0.0500. The topological polar surface area (TPSA) is 20.2 Å². The van der Waals surface area contributed by atoms with Crippen LogP contribution in [-0.4, -0.2) is 5.11 Å². The van der Waals surface area contributed by atoms with Crippen LogP contribution >= 0.6 is 27.5 Å². The molecular formula is C11H12BrClO. The summed E-state index contributed by atoms with van der Waals surface area (Å²) in [6, 6.07) is 5.59. The Kier molecular flexibility index (Phi) is 2.87. The van der Waals surface area contributed by atoms with Crippen LogP contribution in [-0.2, 0) is 5.60 Å². The van der Waals surface area contributed by atoms with Crippen molar-refractivity contribution >= 4 is 27.5 Å². The van der Waals surface area contributed by atoms with E-state index in [4.69, 9.17) is 11.6 Å². The van der Waals surface area contributed by atoms with Crippen molar-refractivity contribution in [3.05, 3.63) is 33.3 Å². The molecule has 0 unspecified atom stereocenters. The molecule has 0 saturated heterocycles. The first-order chi connectivity index (χ1) is 6.62. The minimum absolute atomic E-state index is 0.635. The van der Waals surface area contributed by atoms with Crippen molar-refractivity contribution in [1.82, 2.24) is 0 Å². The Labute approximate surface area is 97.2 Å². The molecule has 14 heavy (non-hydrogen) atoms. The smallest absolute Gasteiger partial charge is 0.0907 e. The Bertz CT molecular complexity index is 345. The van der Waals surface area contributed by atoms with Gasteiger partial charge in [-0.1, -0.05) is 46.4 Å². The summed E-state index contributed by atoms with van der Waals surface area (Å²) in [4.78, 5) is 0. The standard InChI is InChI=1S/C11H12BrClO/c12-10-7-8(13)3-4-9(10)11(14)5-1-2-6-11/h3-4,7,14H,1-2,5-6H2. The van der Waals surface area contributed by atoms with Crippen LogP contribution in [0.15, 0.2) is 22.7 Å². The summed E-state index contributed by atoms with van der Waals surface area (Å²) in [6.45, 7) is 0. The second-order valence-corrected chi connectivity index (χ2v) is 5.15. The zero-order chi connectivity index (χ0) is 10.2. The van der Waals surface area contributed by atoms with E-state index in [-0.39, 0.29) is 0 Å². The van der Waals surface area contributed by atoms with Gasteiger partial charge in [0.15, 0.2) is 0 Å². The first kappa shape index (κ1) is 10.5. The monoisotopic (exact) mass is 274 g/mol. The van der Waals surface area contributed by atoms with Crippen LogP contribution < -0.4 is 0 Å². The normalized spacial score (nSPS) is 19.9. The maximum absolute atomic E-state index is 10.4. The summed E-state index contributed by atoms with van der Waals surface area (Å²) in [6.07, 6.45) is 3.91. The van der Waals surface area contributed by atoms with Gasteiger partial charge in [-0.25, -0.2) is 0 Å². The van der Waals surface area contributed by atoms with Crippen molar-refractivity contribution in [2.75, 3.05) is 0 Å². The van der Waals surface area contributed by atoms with Gasteiger partial charge < -0.3 is 5.11 Å². The van der Waals surface area contributed by atoms with E-state index in [0.29, 0.717) is 5.02 Å². The number of benzene rings is 1. The molecule has 1 saturated carbocycles. The first-order valence-electron chi connectivity index (χ1n) is 4.80. The van der Waals surface area contributed by atoms with Crippen LogP contribution in [0.25, 0.3) is 0 Å². The second kappa shape index (κ2) is 3.84. The summed E-state index contributed by atoms with van der Waals surface area (Å²) in [5.74, 6) is 0. The van der Waals surface area contributed by atoms with Crippen LogP contribution in [0.4, 0.5) is 0 Å². The van der Waals surface area contributed by atoms with E-state index in [0.717, 1.165) is 35.7 Å². The maximum Gasteiger partial charge on any atom is 0.0907 e. The van der Waals surface area contributed by atoms with Crippen LogP contribution in [0.5, 0.6) is 0 Å². The third kappa shape index (κ3) is 1.83. The fraction of sp³-hybridized carbons (Fsp3) is 0.455. The van der Waals surface area contributed by atoms with Crippen molar-refractivity contribution in [2.24, 2.45) is 0 Å². The molecule has 1 aromatic rings. The molecule has 76 valence electrons. The molecule has 0 aromatic heterocycles. The van der Waals surface area contributed by atoms with Crippen LogP contribution in [0.2, 0.25) is 5.02 Å². The van der Waals surface area contributed by atoms with Gasteiger partial charge >= 0.3 is 0 Å². The van der Waals surface area contributed by atoms with Crippen LogP contribution in [0.3, 0.4) is 0 Å². The van der Waals surface area contributed by atoms with Gasteiger partial charge in [0.05, 0.1) is 5.60 Å². The zero-order valence-corrected chi connectivity index (χ0v) is 10.1. The molecule has 1 aliphatic carbocycles. The van der Waals surface area contributed by atoms with Crippen LogP contribution in [0.1, 0.15) is 31.2 Å². The lowest BCUT2D eigenvalue weighted by Crippen LogP contribution is -2.21. The molecule has 0 amide bonds. The predicted molar refractivity (Wildman–Crippen MR) is 61.5 cm³/mol. The van der Waals surface area contributed by atoms with Crippen molar-refractivity contribution in [2.45, 2.75) is 31.3 Å². The van der Waals surface area contributed by atoms with Gasteiger partial charge in [-0.15, -0.1) is 0 Å². The number of rotatable bonds is 1. The molecule has 1 fully saturated rings. The lowest BCUT2D eigenvalue weighted by atomic mass is 9.92. The molecule has 3 heteroatoms. The third-order valence-corrected chi connectivity index (χ3v) is 3.75. The zero-order valence-electron chi connectivity index (χ0n) is 7.76. The second-order valence-electron chi connectivity index (χ2n) is 3.86. The molecule has 1 nitrogen and oxygen atoms in total. The summed E-state index contributed by atoms with van der Waals surface area (Å²) >= 11 is 9.31. The molecule has 0 spiro atoms. The fourth-order valence-corrected chi connectivity index (χ4v) is 3.15. The lowest BCUT2D eigenvalue weighted by molar-refractivity contribution is 0.0437. The minimum atomic E-state index is -0.635. The van der Waals surface area contributed by atoms with Gasteiger partial charge in [0, 0.05) is 9.50 Å². The third-order valence-electron chi connectivity index (χ3n) is 2.86. The van der Waals surface area contributed by atoms with E-state index >= 15 is 0 Å². The Morgan fingerprint density at radius 1 is 1.29 bits per heavy atom. The van der Waals surface area contributed by atoms with E-state index in [1.807, 2.05) is 18.2 Å². The highest BCUT2D eigenvalue weighted by Crippen LogP contribution is 2.42. The van der Waals surface area contributed by atoms with Gasteiger partial charge in [-0.2, -0.15) is 0 Å². The highest BCUT2D eigenvalue weighted by molar-refractivity contribution is 9.10. The first-order valence-corrected chi connectivity index (χ1v) is 5.97. The fourth-order valence-electron chi connectivity index (χ4n) is 2.10. The van der Waals surface area contributed by atoms with Crippen molar-refractivity contribution in [3.8, 4) is 0 Å². The van der Waals surface area contributed by atoms with Gasteiger partial charge in [0.2, 0.25) is 0 Å². The predicted octanol–water partition coefficient (Wildman–Crippen LogP) is 3.86. The summed E-state index contributed by atoms with van der Waals surface area (Å²) in [7, 11) is 0. The maximum atomic E-state index is 10.4. The minimum Gasteiger partial charge on any atom is -0.385 e. The molecule has 0 bridgehead atoms. The van der Waals surface area contributed by atoms with Gasteiger partial charge in [0.25, 0.3) is 0 Å². The average molecular weight is 276 g/mol. The molecule has 0 radical (unpaired) electrons. The Morgan fingerprint density at radius 3 is 2.50 bits per heavy atom. The average Bonchev–Trinajstić information content (AvgIpc) is 2.52. The Morgan fingerprint density at radius 2 is 1.93 bits per heavy atom. The number of hydrogen-bond acceptors (Lipinski definition) is 1. The van der Waals surface area contributed by atoms with E-state index in [1.54, 1.807) is 0 Å². The van der Waals surface area contributed by atoms with Gasteiger partial charge in [0.1, 0.15) is 0 Å². The quantitative estimate of drug-likeness (QED) is 0.825. The van der Waals surface area contributed by atoms with Crippen LogP contribution in [0, 0.1) is 0 Å². The lowest BCUT2D eigenvalue weighted by Gasteiger charge is -2.24. The molecule has 0 heterocycles. The van der Waals surface area contributed by atoms with E-state index in [1.165, 1.54) is 0 Å². The Balaban J connectivity index is 2.40. The highest BCUT2D eigenvalue weighted by atomic mass is 79.9. The van der Waals surface area contributed by atoms with Gasteiger partial charge in [-0.05, 0) is 30.5 Å². The number of halogens is 2. The van der Waals surface area contributed by atoms with Crippen molar-refractivity contribution in [1.29, 1.82) is 0 Å². The molecule has 2 rings (SSSR count). The number of aliphatic hydroxyl groups is 1. The molecule has 1 aromatic carbocycles. The van der Waals surface area contributed by atoms with E-state index in [2.05, 4.69) is 15.9 Å². The summed E-state index contributed by atoms with van der Waals surface area (Å²) in [5, 5.41) is 11.1. The van der Waals surface area contributed by atoms with Crippen molar-refractivity contribution < 1.29 is 5.11 Å².